The number of ether oxygens (including phenoxy) is 1. The Morgan fingerprint density at radius 2 is 2.20 bits per heavy atom. The number of carbonyl (C=O) groups excluding carboxylic acids is 1. The number of aliphatic hydroxyl groups is 1. The van der Waals surface area contributed by atoms with Crippen LogP contribution in [0.5, 0.6) is 0 Å². The molecule has 0 aromatic carbocycles. The summed E-state index contributed by atoms with van der Waals surface area (Å²) in [5.74, 6) is -0.551. The van der Waals surface area contributed by atoms with Crippen molar-refractivity contribution in [1.29, 1.82) is 5.41 Å². The minimum Gasteiger partial charge on any atom is -0.505 e. The summed E-state index contributed by atoms with van der Waals surface area (Å²) in [7, 11) is 0. The summed E-state index contributed by atoms with van der Waals surface area (Å²) in [5, 5.41) is 18.5. The van der Waals surface area contributed by atoms with Crippen LogP contribution in [0.15, 0.2) is 12.0 Å². The summed E-state index contributed by atoms with van der Waals surface area (Å²) in [6.45, 7) is 5.79. The zero-order valence-electron chi connectivity index (χ0n) is 9.28. The van der Waals surface area contributed by atoms with Crippen molar-refractivity contribution in [2.24, 2.45) is 5.92 Å². The summed E-state index contributed by atoms with van der Waals surface area (Å²) in [6, 6.07) is -0.507. The zero-order chi connectivity index (χ0) is 11.8. The maximum atomic E-state index is 11.4. The number of carbonyl (C=O) groups is 1. The van der Waals surface area contributed by atoms with Gasteiger partial charge in [0, 0.05) is 6.20 Å². The van der Waals surface area contributed by atoms with Crippen LogP contribution in [0, 0.1) is 11.3 Å². The topological polar surface area (TPSA) is 82.4 Å². The molecule has 0 aliphatic heterocycles. The maximum Gasteiger partial charge on any atom is 0.328 e. The first-order valence-electron chi connectivity index (χ1n) is 4.85. The molecule has 0 amide bonds. The minimum atomic E-state index is -0.507. The van der Waals surface area contributed by atoms with Gasteiger partial charge in [-0.1, -0.05) is 13.8 Å². The normalized spacial score (nSPS) is 13.5. The second kappa shape index (κ2) is 6.86. The lowest BCUT2D eigenvalue weighted by molar-refractivity contribution is -0.146. The molecule has 5 heteroatoms. The monoisotopic (exact) mass is 214 g/mol. The van der Waals surface area contributed by atoms with Crippen LogP contribution in [0.4, 0.5) is 0 Å². The molecule has 0 aliphatic rings. The lowest BCUT2D eigenvalue weighted by atomic mass is 10.1. The molecule has 86 valence electrons. The van der Waals surface area contributed by atoms with Crippen LogP contribution in [0.2, 0.25) is 0 Å². The molecule has 0 aliphatic carbocycles. The van der Waals surface area contributed by atoms with E-state index in [9.17, 15) is 4.79 Å². The molecule has 0 aromatic rings. The molecule has 0 bridgehead atoms. The molecule has 0 rings (SSSR count). The number of hydrogen-bond acceptors (Lipinski definition) is 5. The summed E-state index contributed by atoms with van der Waals surface area (Å²) in [4.78, 5) is 11.4. The van der Waals surface area contributed by atoms with Gasteiger partial charge < -0.3 is 20.6 Å². The van der Waals surface area contributed by atoms with E-state index in [4.69, 9.17) is 15.3 Å². The molecule has 0 saturated carbocycles. The Bertz CT molecular complexity index is 249. The van der Waals surface area contributed by atoms with E-state index >= 15 is 0 Å². The number of aliphatic hydroxyl groups excluding tert-OH is 1. The lowest BCUT2D eigenvalue weighted by Crippen LogP contribution is -2.39. The number of rotatable bonds is 6. The van der Waals surface area contributed by atoms with Gasteiger partial charge in [-0.3, -0.25) is 0 Å². The van der Waals surface area contributed by atoms with Crippen LogP contribution < -0.4 is 5.32 Å². The third-order valence-corrected chi connectivity index (χ3v) is 1.77. The molecule has 0 radical (unpaired) electrons. The van der Waals surface area contributed by atoms with Gasteiger partial charge >= 0.3 is 5.97 Å². The van der Waals surface area contributed by atoms with Gasteiger partial charge in [-0.15, -0.1) is 0 Å². The van der Waals surface area contributed by atoms with Crippen LogP contribution in [0.3, 0.4) is 0 Å². The summed E-state index contributed by atoms with van der Waals surface area (Å²) in [5.41, 5.74) is 0. The van der Waals surface area contributed by atoms with Crippen LogP contribution in [-0.4, -0.2) is 29.9 Å². The van der Waals surface area contributed by atoms with Crippen molar-refractivity contribution in [2.45, 2.75) is 26.8 Å². The molecule has 1 unspecified atom stereocenters. The van der Waals surface area contributed by atoms with Crippen LogP contribution in [0.25, 0.3) is 0 Å². The average Bonchev–Trinajstić information content (AvgIpc) is 2.17. The van der Waals surface area contributed by atoms with Crippen molar-refractivity contribution in [3.8, 4) is 0 Å². The predicted molar refractivity (Wildman–Crippen MR) is 57.9 cm³/mol. The van der Waals surface area contributed by atoms with Gasteiger partial charge in [0.05, 0.1) is 12.8 Å². The highest BCUT2D eigenvalue weighted by Crippen LogP contribution is 2.04. The first-order chi connectivity index (χ1) is 7.02. The van der Waals surface area contributed by atoms with Gasteiger partial charge in [-0.25, -0.2) is 4.79 Å². The number of allylic oxidation sites excluding steroid dienone is 1. The molecule has 5 nitrogen and oxygen atoms in total. The number of hydrogen-bond donors (Lipinski definition) is 3. The third-order valence-electron chi connectivity index (χ3n) is 1.77. The van der Waals surface area contributed by atoms with Gasteiger partial charge in [0.15, 0.2) is 0 Å². The first-order valence-corrected chi connectivity index (χ1v) is 4.85. The predicted octanol–water partition coefficient (Wildman–Crippen LogP) is 1.21. The van der Waals surface area contributed by atoms with Crippen molar-refractivity contribution < 1.29 is 14.6 Å². The number of esters is 1. The first kappa shape index (κ1) is 13.5. The second-order valence-electron chi connectivity index (χ2n) is 3.35. The van der Waals surface area contributed by atoms with Crippen molar-refractivity contribution in [1.82, 2.24) is 5.32 Å². The lowest BCUT2D eigenvalue weighted by Gasteiger charge is -2.19. The fourth-order valence-electron chi connectivity index (χ4n) is 0.982. The van der Waals surface area contributed by atoms with E-state index < -0.39 is 6.04 Å². The SMILES string of the molecule is CCOC(=O)C(N/C=C(/O)C=N)C(C)C. The second-order valence-corrected chi connectivity index (χ2v) is 3.35. The average molecular weight is 214 g/mol. The molecular formula is C10H18N2O3. The molecule has 0 fully saturated rings. The van der Waals surface area contributed by atoms with Gasteiger partial charge in [0.2, 0.25) is 0 Å². The van der Waals surface area contributed by atoms with Gasteiger partial charge in [-0.05, 0) is 12.8 Å². The van der Waals surface area contributed by atoms with E-state index in [2.05, 4.69) is 5.32 Å². The Balaban J connectivity index is 4.41. The number of nitrogens with one attached hydrogen (secondary N) is 2. The zero-order valence-corrected chi connectivity index (χ0v) is 9.28. The van der Waals surface area contributed by atoms with Crippen molar-refractivity contribution >= 4 is 12.2 Å². The largest absolute Gasteiger partial charge is 0.505 e. The highest BCUT2D eigenvalue weighted by Gasteiger charge is 2.21. The van der Waals surface area contributed by atoms with E-state index in [0.29, 0.717) is 6.61 Å². The van der Waals surface area contributed by atoms with Crippen LogP contribution >= 0.6 is 0 Å². The molecule has 3 N–H and O–H groups in total. The van der Waals surface area contributed by atoms with Gasteiger partial charge in [0.25, 0.3) is 0 Å². The quantitative estimate of drug-likeness (QED) is 0.352. The van der Waals surface area contributed by atoms with Crippen LogP contribution in [-0.2, 0) is 9.53 Å². The summed E-state index contributed by atoms with van der Waals surface area (Å²) < 4.78 is 4.86. The summed E-state index contributed by atoms with van der Waals surface area (Å²) in [6.07, 6.45) is 2.00. The van der Waals surface area contributed by atoms with E-state index in [1.54, 1.807) is 6.92 Å². The third kappa shape index (κ3) is 5.05. The van der Waals surface area contributed by atoms with E-state index in [1.807, 2.05) is 13.8 Å². The van der Waals surface area contributed by atoms with Gasteiger partial charge in [-0.2, -0.15) is 0 Å². The molecule has 1 atom stereocenters. The Morgan fingerprint density at radius 3 is 2.60 bits per heavy atom. The summed E-state index contributed by atoms with van der Waals surface area (Å²) >= 11 is 0. The molecule has 15 heavy (non-hydrogen) atoms. The maximum absolute atomic E-state index is 11.4. The molecular weight excluding hydrogens is 196 g/mol. The highest BCUT2D eigenvalue weighted by molar-refractivity contribution is 5.77. The van der Waals surface area contributed by atoms with E-state index in [1.165, 1.54) is 6.20 Å². The molecule has 0 heterocycles. The smallest absolute Gasteiger partial charge is 0.328 e. The van der Waals surface area contributed by atoms with Crippen molar-refractivity contribution in [2.75, 3.05) is 6.61 Å². The Hall–Kier alpha value is -1.52. The Kier molecular flexibility index (Phi) is 6.17. The molecule has 0 saturated heterocycles. The fraction of sp³-hybridized carbons (Fsp3) is 0.600. The fourth-order valence-corrected chi connectivity index (χ4v) is 0.982. The van der Waals surface area contributed by atoms with Gasteiger partial charge in [0.1, 0.15) is 11.8 Å². The Morgan fingerprint density at radius 1 is 1.60 bits per heavy atom. The van der Waals surface area contributed by atoms with Crippen LogP contribution in [0.1, 0.15) is 20.8 Å². The molecule has 0 spiro atoms. The van der Waals surface area contributed by atoms with E-state index in [-0.39, 0.29) is 17.6 Å². The molecule has 0 aromatic heterocycles. The Labute approximate surface area is 89.6 Å². The standard InChI is InChI=1S/C10H18N2O3/c1-4-15-10(14)9(7(2)3)12-6-8(13)5-11/h5-7,9,11-13H,4H2,1-3H3/b8-6+,11-5?. The van der Waals surface area contributed by atoms with E-state index in [0.717, 1.165) is 6.21 Å². The van der Waals surface area contributed by atoms with Crippen molar-refractivity contribution in [3.63, 3.8) is 0 Å². The van der Waals surface area contributed by atoms with Crippen molar-refractivity contribution in [3.05, 3.63) is 12.0 Å². The minimum absolute atomic E-state index is 0.0406. The highest BCUT2D eigenvalue weighted by atomic mass is 16.5.